The summed E-state index contributed by atoms with van der Waals surface area (Å²) in [5, 5.41) is 0. The largest absolute Gasteiger partial charge is 0.267 e. The molecule has 0 aliphatic heterocycles. The van der Waals surface area contributed by atoms with Crippen molar-refractivity contribution in [2.75, 3.05) is 10.8 Å². The van der Waals surface area contributed by atoms with Gasteiger partial charge in [-0.15, -0.1) is 0 Å². The summed E-state index contributed by atoms with van der Waals surface area (Å²) in [5.41, 5.74) is 0.325. The Morgan fingerprint density at radius 3 is 2.32 bits per heavy atom. The van der Waals surface area contributed by atoms with E-state index in [1.807, 2.05) is 0 Å². The lowest BCUT2D eigenvalue weighted by Gasteiger charge is -2.22. The number of benzene rings is 2. The second-order valence-electron chi connectivity index (χ2n) is 3.96. The summed E-state index contributed by atoms with van der Waals surface area (Å²) < 4.78 is 39.4. The molecule has 0 amide bonds. The number of hydrogen-bond donors (Lipinski definition) is 0. The summed E-state index contributed by atoms with van der Waals surface area (Å²) in [5.74, 6) is -0.459. The van der Waals surface area contributed by atoms with Crippen molar-refractivity contribution in [1.82, 2.24) is 0 Å². The first-order valence-electron chi connectivity index (χ1n) is 5.89. The third-order valence-electron chi connectivity index (χ3n) is 2.71. The molecule has 19 heavy (non-hydrogen) atoms. The van der Waals surface area contributed by atoms with E-state index in [2.05, 4.69) is 0 Å². The van der Waals surface area contributed by atoms with Gasteiger partial charge < -0.3 is 0 Å². The van der Waals surface area contributed by atoms with E-state index in [4.69, 9.17) is 0 Å². The van der Waals surface area contributed by atoms with Gasteiger partial charge in [0.25, 0.3) is 10.0 Å². The molecule has 0 atom stereocenters. The molecule has 0 radical (unpaired) electrons. The number of hydrogen-bond acceptors (Lipinski definition) is 2. The van der Waals surface area contributed by atoms with Crippen LogP contribution in [0.1, 0.15) is 6.92 Å². The molecular formula is C14H14FNO2S. The summed E-state index contributed by atoms with van der Waals surface area (Å²) in [6.07, 6.45) is 0. The first-order valence-corrected chi connectivity index (χ1v) is 7.33. The molecule has 0 aromatic heterocycles. The predicted octanol–water partition coefficient (Wildman–Crippen LogP) is 3.04. The van der Waals surface area contributed by atoms with Crippen LogP contribution < -0.4 is 4.31 Å². The van der Waals surface area contributed by atoms with Gasteiger partial charge in [0, 0.05) is 6.54 Å². The first kappa shape index (κ1) is 13.5. The van der Waals surface area contributed by atoms with Gasteiger partial charge in [0.05, 0.1) is 10.6 Å². The summed E-state index contributed by atoms with van der Waals surface area (Å²) in [6, 6.07) is 13.7. The maximum atomic E-state index is 13.2. The second-order valence-corrected chi connectivity index (χ2v) is 5.83. The van der Waals surface area contributed by atoms with E-state index in [-0.39, 0.29) is 11.4 Å². The number of nitrogens with zero attached hydrogens (tertiary/aromatic N) is 1. The van der Waals surface area contributed by atoms with Crippen LogP contribution in [0.15, 0.2) is 59.5 Å². The minimum atomic E-state index is -3.65. The lowest BCUT2D eigenvalue weighted by atomic mass is 10.3. The molecule has 0 aliphatic carbocycles. The summed E-state index contributed by atoms with van der Waals surface area (Å²) in [4.78, 5) is 0.195. The fraction of sp³-hybridized carbons (Fsp3) is 0.143. The highest BCUT2D eigenvalue weighted by Crippen LogP contribution is 2.23. The highest BCUT2D eigenvalue weighted by Gasteiger charge is 2.23. The van der Waals surface area contributed by atoms with Crippen molar-refractivity contribution >= 4 is 15.7 Å². The monoisotopic (exact) mass is 279 g/mol. The van der Waals surface area contributed by atoms with Gasteiger partial charge in [-0.2, -0.15) is 0 Å². The van der Waals surface area contributed by atoms with Gasteiger partial charge in [0.15, 0.2) is 0 Å². The van der Waals surface area contributed by atoms with Crippen molar-refractivity contribution in [1.29, 1.82) is 0 Å². The average Bonchev–Trinajstić information content (AvgIpc) is 2.40. The Labute approximate surface area is 112 Å². The van der Waals surface area contributed by atoms with Gasteiger partial charge in [-0.05, 0) is 37.3 Å². The zero-order valence-electron chi connectivity index (χ0n) is 10.5. The molecule has 2 aromatic carbocycles. The van der Waals surface area contributed by atoms with Crippen molar-refractivity contribution in [3.05, 3.63) is 60.4 Å². The van der Waals surface area contributed by atoms with Crippen LogP contribution in [0.3, 0.4) is 0 Å². The fourth-order valence-corrected chi connectivity index (χ4v) is 3.33. The Kier molecular flexibility index (Phi) is 3.85. The molecule has 3 nitrogen and oxygen atoms in total. The van der Waals surface area contributed by atoms with Crippen LogP contribution in [-0.4, -0.2) is 15.0 Å². The van der Waals surface area contributed by atoms with Crippen LogP contribution in [0, 0.1) is 5.82 Å². The zero-order valence-corrected chi connectivity index (χ0v) is 11.3. The van der Waals surface area contributed by atoms with E-state index in [1.165, 1.54) is 34.6 Å². The van der Waals surface area contributed by atoms with Crippen LogP contribution in [0.25, 0.3) is 0 Å². The van der Waals surface area contributed by atoms with Crippen molar-refractivity contribution in [3.63, 3.8) is 0 Å². The number of rotatable bonds is 4. The third-order valence-corrected chi connectivity index (χ3v) is 4.63. The van der Waals surface area contributed by atoms with Gasteiger partial charge in [-0.25, -0.2) is 12.8 Å². The Bertz CT molecular complexity index is 656. The molecule has 0 heterocycles. The minimum absolute atomic E-state index is 0.195. The molecule has 5 heteroatoms. The number of anilines is 1. The Morgan fingerprint density at radius 1 is 1.05 bits per heavy atom. The molecule has 0 spiro atoms. The molecule has 0 fully saturated rings. The van der Waals surface area contributed by atoms with Crippen molar-refractivity contribution in [2.45, 2.75) is 11.8 Å². The summed E-state index contributed by atoms with van der Waals surface area (Å²) in [7, 11) is -3.65. The summed E-state index contributed by atoms with van der Waals surface area (Å²) in [6.45, 7) is 1.95. The lowest BCUT2D eigenvalue weighted by molar-refractivity contribution is 0.591. The van der Waals surface area contributed by atoms with Crippen molar-refractivity contribution < 1.29 is 12.8 Å². The molecule has 0 saturated carbocycles. The SMILES string of the molecule is CCN(c1cccc(F)c1)S(=O)(=O)c1ccccc1. The zero-order chi connectivity index (χ0) is 13.9. The van der Waals surface area contributed by atoms with Gasteiger partial charge in [0.1, 0.15) is 5.82 Å². The quantitative estimate of drug-likeness (QED) is 0.862. The van der Waals surface area contributed by atoms with E-state index in [9.17, 15) is 12.8 Å². The van der Waals surface area contributed by atoms with Crippen LogP contribution in [-0.2, 0) is 10.0 Å². The molecule has 0 aliphatic rings. The van der Waals surface area contributed by atoms with E-state index in [1.54, 1.807) is 31.2 Å². The molecular weight excluding hydrogens is 265 g/mol. The fourth-order valence-electron chi connectivity index (χ4n) is 1.84. The first-order chi connectivity index (χ1) is 9.05. The maximum absolute atomic E-state index is 13.2. The number of sulfonamides is 1. The second kappa shape index (κ2) is 5.40. The van der Waals surface area contributed by atoms with Gasteiger partial charge in [0.2, 0.25) is 0 Å². The van der Waals surface area contributed by atoms with Crippen molar-refractivity contribution in [2.24, 2.45) is 0 Å². The average molecular weight is 279 g/mol. The van der Waals surface area contributed by atoms with Gasteiger partial charge in [-0.1, -0.05) is 24.3 Å². The standard InChI is InChI=1S/C14H14FNO2S/c1-2-16(13-8-6-7-12(15)11-13)19(17,18)14-9-4-3-5-10-14/h3-11H,2H2,1H3. The van der Waals surface area contributed by atoms with Crippen LogP contribution in [0.4, 0.5) is 10.1 Å². The third kappa shape index (κ3) is 2.76. The Hall–Kier alpha value is -1.88. The highest BCUT2D eigenvalue weighted by atomic mass is 32.2. The van der Waals surface area contributed by atoms with E-state index in [0.29, 0.717) is 5.69 Å². The maximum Gasteiger partial charge on any atom is 0.264 e. The van der Waals surface area contributed by atoms with Crippen LogP contribution >= 0.6 is 0 Å². The minimum Gasteiger partial charge on any atom is -0.267 e. The molecule has 100 valence electrons. The Balaban J connectivity index is 2.48. The van der Waals surface area contributed by atoms with E-state index in [0.717, 1.165) is 0 Å². The van der Waals surface area contributed by atoms with Gasteiger partial charge >= 0.3 is 0 Å². The highest BCUT2D eigenvalue weighted by molar-refractivity contribution is 7.92. The molecule has 0 bridgehead atoms. The van der Waals surface area contributed by atoms with E-state index >= 15 is 0 Å². The molecule has 0 N–H and O–H groups in total. The van der Waals surface area contributed by atoms with Crippen LogP contribution in [0.5, 0.6) is 0 Å². The smallest absolute Gasteiger partial charge is 0.264 e. The molecule has 0 saturated heterocycles. The van der Waals surface area contributed by atoms with Gasteiger partial charge in [-0.3, -0.25) is 4.31 Å². The Morgan fingerprint density at radius 2 is 1.74 bits per heavy atom. The lowest BCUT2D eigenvalue weighted by Crippen LogP contribution is -2.30. The molecule has 0 unspecified atom stereocenters. The van der Waals surface area contributed by atoms with E-state index < -0.39 is 15.8 Å². The summed E-state index contributed by atoms with van der Waals surface area (Å²) >= 11 is 0. The van der Waals surface area contributed by atoms with Crippen LogP contribution in [0.2, 0.25) is 0 Å². The predicted molar refractivity (Wildman–Crippen MR) is 73.0 cm³/mol. The topological polar surface area (TPSA) is 37.4 Å². The number of halogens is 1. The molecule has 2 rings (SSSR count). The normalized spacial score (nSPS) is 11.3. The molecule has 2 aromatic rings. The van der Waals surface area contributed by atoms with Crippen molar-refractivity contribution in [3.8, 4) is 0 Å².